The number of carbonyl (C=O) groups is 1. The van der Waals surface area contributed by atoms with E-state index in [0.29, 0.717) is 0 Å². The Balaban J connectivity index is 1.94. The Morgan fingerprint density at radius 3 is 2.86 bits per heavy atom. The lowest BCUT2D eigenvalue weighted by Crippen LogP contribution is -2.38. The summed E-state index contributed by atoms with van der Waals surface area (Å²) in [4.78, 5) is 19.1. The first-order valence-corrected chi connectivity index (χ1v) is 7.68. The molecule has 0 bridgehead atoms. The highest BCUT2D eigenvalue weighted by Crippen LogP contribution is 2.21. The molecule has 0 radical (unpaired) electrons. The zero-order chi connectivity index (χ0) is 15.7. The van der Waals surface area contributed by atoms with Gasteiger partial charge in [0.15, 0.2) is 0 Å². The number of aromatic nitrogens is 2. The Morgan fingerprint density at radius 1 is 1.41 bits per heavy atom. The molecular weight excluding hydrogens is 276 g/mol. The highest BCUT2D eigenvalue weighted by atomic mass is 16.2. The molecule has 3 rings (SSSR count). The van der Waals surface area contributed by atoms with Crippen molar-refractivity contribution in [2.75, 3.05) is 20.1 Å². The minimum absolute atomic E-state index is 0.0870. The van der Waals surface area contributed by atoms with Crippen molar-refractivity contribution in [3.05, 3.63) is 47.4 Å². The normalized spacial score (nSPS) is 17.7. The van der Waals surface area contributed by atoms with Gasteiger partial charge in [0.2, 0.25) is 0 Å². The summed E-state index contributed by atoms with van der Waals surface area (Å²) < 4.78 is 2.04. The van der Waals surface area contributed by atoms with E-state index in [2.05, 4.69) is 10.3 Å². The summed E-state index contributed by atoms with van der Waals surface area (Å²) in [5.74, 6) is 0.936. The van der Waals surface area contributed by atoms with Gasteiger partial charge in [-0.25, -0.2) is 4.98 Å². The van der Waals surface area contributed by atoms with Crippen molar-refractivity contribution in [1.29, 1.82) is 0 Å². The Morgan fingerprint density at radius 2 is 2.23 bits per heavy atom. The standard InChI is InChI=1S/C17H22N4O/c1-12-10-15(17(22)20(3)14-7-9-18-11-14)13(2)21(12)16-6-4-5-8-19-16/h4-6,8,10,14,18H,7,9,11H2,1-3H3. The molecule has 0 aliphatic carbocycles. The van der Waals surface area contributed by atoms with Crippen LogP contribution in [0.25, 0.3) is 5.82 Å². The van der Waals surface area contributed by atoms with Crippen molar-refractivity contribution < 1.29 is 4.79 Å². The smallest absolute Gasteiger partial charge is 0.255 e. The Kier molecular flexibility index (Phi) is 3.98. The number of aryl methyl sites for hydroxylation is 1. The molecule has 3 heterocycles. The fraction of sp³-hybridized carbons (Fsp3) is 0.412. The van der Waals surface area contributed by atoms with Gasteiger partial charge in [-0.3, -0.25) is 4.79 Å². The van der Waals surface area contributed by atoms with Crippen LogP contribution in [-0.4, -0.2) is 46.5 Å². The van der Waals surface area contributed by atoms with E-state index in [4.69, 9.17) is 0 Å². The van der Waals surface area contributed by atoms with Gasteiger partial charge in [-0.2, -0.15) is 0 Å². The van der Waals surface area contributed by atoms with E-state index in [1.807, 2.05) is 54.6 Å². The lowest BCUT2D eigenvalue weighted by Gasteiger charge is -2.23. The van der Waals surface area contributed by atoms with Gasteiger partial charge in [-0.1, -0.05) is 6.07 Å². The minimum Gasteiger partial charge on any atom is -0.337 e. The molecule has 1 fully saturated rings. The number of amides is 1. The molecule has 2 aromatic rings. The van der Waals surface area contributed by atoms with Gasteiger partial charge < -0.3 is 14.8 Å². The maximum Gasteiger partial charge on any atom is 0.255 e. The third-order valence-electron chi connectivity index (χ3n) is 4.44. The first-order valence-electron chi connectivity index (χ1n) is 7.68. The van der Waals surface area contributed by atoms with Crippen LogP contribution in [0.5, 0.6) is 0 Å². The van der Waals surface area contributed by atoms with Crippen molar-refractivity contribution in [2.45, 2.75) is 26.3 Å². The fourth-order valence-electron chi connectivity index (χ4n) is 3.14. The van der Waals surface area contributed by atoms with E-state index < -0.39 is 0 Å². The first kappa shape index (κ1) is 14.8. The van der Waals surface area contributed by atoms with Crippen LogP contribution in [0.1, 0.15) is 28.2 Å². The van der Waals surface area contributed by atoms with Gasteiger partial charge in [0, 0.05) is 37.2 Å². The van der Waals surface area contributed by atoms with E-state index in [1.54, 1.807) is 6.20 Å². The summed E-state index contributed by atoms with van der Waals surface area (Å²) in [5.41, 5.74) is 2.73. The van der Waals surface area contributed by atoms with Gasteiger partial charge in [-0.15, -0.1) is 0 Å². The number of pyridine rings is 1. The Hall–Kier alpha value is -2.14. The lowest BCUT2D eigenvalue weighted by atomic mass is 10.1. The van der Waals surface area contributed by atoms with Gasteiger partial charge in [0.1, 0.15) is 5.82 Å². The number of likely N-dealkylation sites (N-methyl/N-ethyl adjacent to an activating group) is 1. The number of carbonyl (C=O) groups excluding carboxylic acids is 1. The van der Waals surface area contributed by atoms with Crippen LogP contribution in [0.15, 0.2) is 30.5 Å². The Bertz CT molecular complexity index is 671. The number of nitrogens with zero attached hydrogens (tertiary/aromatic N) is 3. The summed E-state index contributed by atoms with van der Waals surface area (Å²) in [5, 5.41) is 3.31. The second-order valence-corrected chi connectivity index (χ2v) is 5.87. The maximum atomic E-state index is 12.8. The highest BCUT2D eigenvalue weighted by molar-refractivity contribution is 5.96. The molecule has 0 spiro atoms. The number of hydrogen-bond acceptors (Lipinski definition) is 3. The number of nitrogens with one attached hydrogen (secondary N) is 1. The average Bonchev–Trinajstić information content (AvgIpc) is 3.15. The van der Waals surface area contributed by atoms with E-state index in [1.165, 1.54) is 0 Å². The van der Waals surface area contributed by atoms with Crippen molar-refractivity contribution in [3.63, 3.8) is 0 Å². The number of hydrogen-bond donors (Lipinski definition) is 1. The van der Waals surface area contributed by atoms with Crippen LogP contribution in [0, 0.1) is 13.8 Å². The Labute approximate surface area is 131 Å². The molecule has 116 valence electrons. The van der Waals surface area contributed by atoms with Crippen molar-refractivity contribution >= 4 is 5.91 Å². The monoisotopic (exact) mass is 298 g/mol. The summed E-state index contributed by atoms with van der Waals surface area (Å²) in [6, 6.07) is 8.05. The van der Waals surface area contributed by atoms with Gasteiger partial charge in [0.25, 0.3) is 5.91 Å². The second-order valence-electron chi connectivity index (χ2n) is 5.87. The molecule has 22 heavy (non-hydrogen) atoms. The lowest BCUT2D eigenvalue weighted by molar-refractivity contribution is 0.0743. The maximum absolute atomic E-state index is 12.8. The van der Waals surface area contributed by atoms with E-state index in [9.17, 15) is 4.79 Å². The van der Waals surface area contributed by atoms with Gasteiger partial charge in [-0.05, 0) is 45.0 Å². The van der Waals surface area contributed by atoms with Crippen LogP contribution in [0.3, 0.4) is 0 Å². The van der Waals surface area contributed by atoms with Crippen molar-refractivity contribution in [3.8, 4) is 5.82 Å². The van der Waals surface area contributed by atoms with Gasteiger partial charge in [0.05, 0.1) is 5.56 Å². The summed E-state index contributed by atoms with van der Waals surface area (Å²) >= 11 is 0. The van der Waals surface area contributed by atoms with Crippen LogP contribution in [-0.2, 0) is 0 Å². The average molecular weight is 298 g/mol. The summed E-state index contributed by atoms with van der Waals surface area (Å²) in [6.07, 6.45) is 2.78. The molecule has 5 nitrogen and oxygen atoms in total. The number of rotatable bonds is 3. The predicted octanol–water partition coefficient (Wildman–Crippen LogP) is 1.92. The topological polar surface area (TPSA) is 50.2 Å². The van der Waals surface area contributed by atoms with Crippen molar-refractivity contribution in [1.82, 2.24) is 19.8 Å². The van der Waals surface area contributed by atoms with E-state index in [-0.39, 0.29) is 11.9 Å². The van der Waals surface area contributed by atoms with E-state index >= 15 is 0 Å². The van der Waals surface area contributed by atoms with Crippen LogP contribution in [0.2, 0.25) is 0 Å². The zero-order valence-corrected chi connectivity index (χ0v) is 13.3. The van der Waals surface area contributed by atoms with Crippen LogP contribution < -0.4 is 5.32 Å². The minimum atomic E-state index is 0.0870. The molecule has 5 heteroatoms. The molecule has 1 aliphatic rings. The van der Waals surface area contributed by atoms with Gasteiger partial charge >= 0.3 is 0 Å². The fourth-order valence-corrected chi connectivity index (χ4v) is 3.14. The third-order valence-corrected chi connectivity index (χ3v) is 4.44. The van der Waals surface area contributed by atoms with Crippen LogP contribution >= 0.6 is 0 Å². The summed E-state index contributed by atoms with van der Waals surface area (Å²) in [6.45, 7) is 5.85. The molecule has 1 N–H and O–H groups in total. The SMILES string of the molecule is Cc1cc(C(=O)N(C)C2CCNC2)c(C)n1-c1ccccn1. The molecule has 1 unspecified atom stereocenters. The van der Waals surface area contributed by atoms with Crippen LogP contribution in [0.4, 0.5) is 0 Å². The highest BCUT2D eigenvalue weighted by Gasteiger charge is 2.26. The molecule has 1 saturated heterocycles. The molecular formula is C17H22N4O. The second kappa shape index (κ2) is 5.93. The molecule has 0 aromatic carbocycles. The molecule has 0 saturated carbocycles. The molecule has 1 aliphatic heterocycles. The van der Waals surface area contributed by atoms with Crippen molar-refractivity contribution in [2.24, 2.45) is 0 Å². The predicted molar refractivity (Wildman–Crippen MR) is 86.4 cm³/mol. The van der Waals surface area contributed by atoms with E-state index in [0.717, 1.165) is 42.3 Å². The quantitative estimate of drug-likeness (QED) is 0.942. The molecule has 1 atom stereocenters. The first-order chi connectivity index (χ1) is 10.6. The zero-order valence-electron chi connectivity index (χ0n) is 13.3. The third kappa shape index (κ3) is 2.52. The molecule has 2 aromatic heterocycles. The molecule has 1 amide bonds. The largest absolute Gasteiger partial charge is 0.337 e. The summed E-state index contributed by atoms with van der Waals surface area (Å²) in [7, 11) is 1.90.